The predicted octanol–water partition coefficient (Wildman–Crippen LogP) is 4.32. The summed E-state index contributed by atoms with van der Waals surface area (Å²) < 4.78 is 1.42. The number of rotatable bonds is 13. The first-order valence-corrected chi connectivity index (χ1v) is 9.70. The Morgan fingerprint density at radius 2 is 1.09 bits per heavy atom. The van der Waals surface area contributed by atoms with Crippen LogP contribution in [-0.4, -0.2) is 36.6 Å². The lowest BCUT2D eigenvalue weighted by atomic mass is 10.1. The van der Waals surface area contributed by atoms with Crippen molar-refractivity contribution in [1.82, 2.24) is 0 Å². The van der Waals surface area contributed by atoms with Gasteiger partial charge in [-0.1, -0.05) is 59.5 Å². The first-order chi connectivity index (χ1) is 11.0. The Bertz CT molecular complexity index is 250. The van der Waals surface area contributed by atoms with Gasteiger partial charge in [-0.15, -0.1) is 0 Å². The standard InChI is InChI=1S/C16H36N.C4H6O2/c1-5-9-13-17(14-10-6-2,15-11-7-3)16-12-8-4;1-2-3-4(5)6/h5-16H2,1-4H3;2-3H,1H3,(H,5,6)/q+1;/p-1. The summed E-state index contributed by atoms with van der Waals surface area (Å²) in [6.07, 6.45) is 13.4. The summed E-state index contributed by atoms with van der Waals surface area (Å²) in [5.41, 5.74) is 0. The maximum atomic E-state index is 9.40. The first kappa shape index (κ1) is 24.4. The third-order valence-corrected chi connectivity index (χ3v) is 4.25. The second kappa shape index (κ2) is 17.5. The van der Waals surface area contributed by atoms with Crippen molar-refractivity contribution in [3.05, 3.63) is 12.2 Å². The van der Waals surface area contributed by atoms with E-state index < -0.39 is 5.97 Å². The van der Waals surface area contributed by atoms with Crippen molar-refractivity contribution < 1.29 is 14.4 Å². The molecule has 0 heterocycles. The zero-order valence-corrected chi connectivity index (χ0v) is 16.4. The van der Waals surface area contributed by atoms with Crippen molar-refractivity contribution in [3.8, 4) is 0 Å². The lowest BCUT2D eigenvalue weighted by molar-refractivity contribution is -0.929. The van der Waals surface area contributed by atoms with Crippen LogP contribution in [0.5, 0.6) is 0 Å². The predicted molar refractivity (Wildman–Crippen MR) is 99.2 cm³/mol. The van der Waals surface area contributed by atoms with Crippen molar-refractivity contribution >= 4 is 5.97 Å². The van der Waals surface area contributed by atoms with Crippen LogP contribution in [-0.2, 0) is 4.79 Å². The smallest absolute Gasteiger partial charge is 0.0786 e. The fraction of sp³-hybridized carbons (Fsp3) is 0.850. The van der Waals surface area contributed by atoms with Gasteiger partial charge < -0.3 is 14.4 Å². The number of unbranched alkanes of at least 4 members (excludes halogenated alkanes) is 4. The average Bonchev–Trinajstić information content (AvgIpc) is 2.54. The van der Waals surface area contributed by atoms with E-state index in [1.54, 1.807) is 6.92 Å². The number of quaternary nitrogens is 1. The van der Waals surface area contributed by atoms with Crippen LogP contribution in [0.25, 0.3) is 0 Å². The third kappa shape index (κ3) is 15.8. The number of nitrogens with zero attached hydrogens (tertiary/aromatic N) is 1. The quantitative estimate of drug-likeness (QED) is 0.373. The number of allylic oxidation sites excluding steroid dienone is 1. The van der Waals surface area contributed by atoms with Gasteiger partial charge in [0, 0.05) is 0 Å². The van der Waals surface area contributed by atoms with Crippen molar-refractivity contribution in [3.63, 3.8) is 0 Å². The molecule has 0 aliphatic heterocycles. The Labute approximate surface area is 145 Å². The number of carboxylic acids is 1. The Morgan fingerprint density at radius 3 is 1.22 bits per heavy atom. The summed E-state index contributed by atoms with van der Waals surface area (Å²) in [5, 5.41) is 9.40. The molecule has 0 amide bonds. The minimum Gasteiger partial charge on any atom is -0.545 e. The Morgan fingerprint density at radius 1 is 0.783 bits per heavy atom. The molecule has 0 rings (SSSR count). The van der Waals surface area contributed by atoms with Gasteiger partial charge in [-0.05, 0) is 38.7 Å². The molecule has 0 bridgehead atoms. The molecule has 3 heteroatoms. The van der Waals surface area contributed by atoms with E-state index in [1.807, 2.05) is 0 Å². The van der Waals surface area contributed by atoms with E-state index in [2.05, 4.69) is 27.7 Å². The molecule has 0 atom stereocenters. The lowest BCUT2D eigenvalue weighted by Gasteiger charge is -2.39. The van der Waals surface area contributed by atoms with E-state index in [9.17, 15) is 9.90 Å². The summed E-state index contributed by atoms with van der Waals surface area (Å²) in [4.78, 5) is 9.40. The summed E-state index contributed by atoms with van der Waals surface area (Å²) in [7, 11) is 0. The molecule has 0 aliphatic rings. The van der Waals surface area contributed by atoms with Gasteiger partial charge in [-0.25, -0.2) is 0 Å². The van der Waals surface area contributed by atoms with Gasteiger partial charge in [-0.3, -0.25) is 0 Å². The molecule has 23 heavy (non-hydrogen) atoms. The molecule has 0 fully saturated rings. The average molecular weight is 328 g/mol. The summed E-state index contributed by atoms with van der Waals surface area (Å²) >= 11 is 0. The maximum absolute atomic E-state index is 9.40. The van der Waals surface area contributed by atoms with Crippen molar-refractivity contribution in [2.75, 3.05) is 26.2 Å². The molecule has 0 spiro atoms. The molecule has 3 nitrogen and oxygen atoms in total. The van der Waals surface area contributed by atoms with Gasteiger partial charge >= 0.3 is 0 Å². The molecule has 0 saturated carbocycles. The summed E-state index contributed by atoms with van der Waals surface area (Å²) in [6.45, 7) is 16.6. The van der Waals surface area contributed by atoms with Gasteiger partial charge in [0.15, 0.2) is 0 Å². The van der Waals surface area contributed by atoms with Gasteiger partial charge in [0.2, 0.25) is 0 Å². The highest BCUT2D eigenvalue weighted by Gasteiger charge is 2.24. The van der Waals surface area contributed by atoms with Crippen LogP contribution >= 0.6 is 0 Å². The summed E-state index contributed by atoms with van der Waals surface area (Å²) in [6, 6.07) is 0. The van der Waals surface area contributed by atoms with E-state index in [4.69, 9.17) is 0 Å². The molecule has 138 valence electrons. The minimum absolute atomic E-state index is 0.972. The largest absolute Gasteiger partial charge is 0.545 e. The van der Waals surface area contributed by atoms with Crippen LogP contribution in [0.3, 0.4) is 0 Å². The second-order valence-electron chi connectivity index (χ2n) is 6.47. The minimum atomic E-state index is -1.14. The third-order valence-electron chi connectivity index (χ3n) is 4.25. The van der Waals surface area contributed by atoms with E-state index in [0.717, 1.165) is 6.08 Å². The highest BCUT2D eigenvalue weighted by atomic mass is 16.4. The summed E-state index contributed by atoms with van der Waals surface area (Å²) in [5.74, 6) is -1.14. The zero-order valence-electron chi connectivity index (χ0n) is 16.4. The van der Waals surface area contributed by atoms with Gasteiger partial charge in [0.25, 0.3) is 0 Å². The van der Waals surface area contributed by atoms with Gasteiger partial charge in [0.05, 0.1) is 32.1 Å². The number of hydrogen-bond acceptors (Lipinski definition) is 2. The molecule has 0 aromatic carbocycles. The number of carboxylic acid groups (broad SMARTS) is 1. The fourth-order valence-electron chi connectivity index (χ4n) is 2.78. The molecule has 0 radical (unpaired) electrons. The molecule has 0 unspecified atom stereocenters. The highest BCUT2D eigenvalue weighted by molar-refractivity contribution is 5.77. The molecule has 0 aliphatic carbocycles. The fourth-order valence-corrected chi connectivity index (χ4v) is 2.78. The Kier molecular flexibility index (Phi) is 18.6. The number of hydrogen-bond donors (Lipinski definition) is 0. The molecule has 0 saturated heterocycles. The van der Waals surface area contributed by atoms with E-state index in [1.165, 1.54) is 88.1 Å². The molecule has 0 aromatic rings. The number of aliphatic carboxylic acids is 1. The maximum Gasteiger partial charge on any atom is 0.0786 e. The first-order valence-electron chi connectivity index (χ1n) is 9.70. The lowest BCUT2D eigenvalue weighted by Crippen LogP contribution is -2.50. The van der Waals surface area contributed by atoms with Crippen LogP contribution in [0.4, 0.5) is 0 Å². The van der Waals surface area contributed by atoms with E-state index in [-0.39, 0.29) is 0 Å². The molecular formula is C20H41NO2. The van der Waals surface area contributed by atoms with Crippen LogP contribution in [0.2, 0.25) is 0 Å². The van der Waals surface area contributed by atoms with E-state index >= 15 is 0 Å². The van der Waals surface area contributed by atoms with Crippen LogP contribution < -0.4 is 5.11 Å². The molecule has 0 aromatic heterocycles. The normalized spacial score (nSPS) is 11.3. The molecular weight excluding hydrogens is 286 g/mol. The zero-order chi connectivity index (χ0) is 18.0. The van der Waals surface area contributed by atoms with Crippen molar-refractivity contribution in [2.24, 2.45) is 0 Å². The number of carbonyl (C=O) groups is 1. The Balaban J connectivity index is 0. The molecule has 0 N–H and O–H groups in total. The van der Waals surface area contributed by atoms with Crippen molar-refractivity contribution in [1.29, 1.82) is 0 Å². The topological polar surface area (TPSA) is 40.1 Å². The second-order valence-corrected chi connectivity index (χ2v) is 6.47. The van der Waals surface area contributed by atoms with Crippen LogP contribution in [0.15, 0.2) is 12.2 Å². The number of carbonyl (C=O) groups excluding carboxylic acids is 1. The Hall–Kier alpha value is -0.830. The van der Waals surface area contributed by atoms with E-state index in [0.29, 0.717) is 0 Å². The van der Waals surface area contributed by atoms with Gasteiger partial charge in [0.1, 0.15) is 0 Å². The van der Waals surface area contributed by atoms with Gasteiger partial charge in [-0.2, -0.15) is 0 Å². The monoisotopic (exact) mass is 327 g/mol. The SMILES string of the molecule is CC=CC(=O)[O-].CCCC[N+](CCCC)(CCCC)CCCC. The van der Waals surface area contributed by atoms with Crippen LogP contribution in [0.1, 0.15) is 86.0 Å². The van der Waals surface area contributed by atoms with Crippen molar-refractivity contribution in [2.45, 2.75) is 86.0 Å². The highest BCUT2D eigenvalue weighted by Crippen LogP contribution is 2.16. The van der Waals surface area contributed by atoms with Crippen LogP contribution in [0, 0.1) is 0 Å².